The first-order chi connectivity index (χ1) is 11.0. The van der Waals surface area contributed by atoms with Gasteiger partial charge in [-0.3, -0.25) is 4.79 Å². The Bertz CT molecular complexity index is 668. The summed E-state index contributed by atoms with van der Waals surface area (Å²) in [5.41, 5.74) is 5.43. The fraction of sp³-hybridized carbons (Fsp3) is 0.600. The Morgan fingerprint density at radius 3 is 2.48 bits per heavy atom. The molecule has 3 rings (SSSR count). The second-order valence-electron chi connectivity index (χ2n) is 6.13. The molecule has 3 heterocycles. The molecule has 2 fully saturated rings. The number of nitrogens with one attached hydrogen (secondary N) is 1. The van der Waals surface area contributed by atoms with Crippen LogP contribution in [-0.4, -0.2) is 44.3 Å². The number of primary amides is 1. The predicted molar refractivity (Wildman–Crippen MR) is 85.2 cm³/mol. The number of amides is 1. The molecule has 3 N–H and O–H groups in total. The van der Waals surface area contributed by atoms with Crippen LogP contribution in [-0.2, 0) is 14.8 Å². The molecule has 1 atom stereocenters. The Morgan fingerprint density at radius 1 is 1.13 bits per heavy atom. The van der Waals surface area contributed by atoms with Crippen LogP contribution in [0, 0.1) is 0 Å². The van der Waals surface area contributed by atoms with Crippen LogP contribution in [0.15, 0.2) is 23.2 Å². The maximum Gasteiger partial charge on any atom is 0.275 e. The number of hydrogen-bond acceptors (Lipinski definition) is 4. The molecule has 0 spiro atoms. The zero-order chi connectivity index (χ0) is 16.4. The number of sulfonamides is 1. The topological polar surface area (TPSA) is 97.8 Å². The van der Waals surface area contributed by atoms with Crippen LogP contribution in [0.25, 0.3) is 0 Å². The number of nitrogens with two attached hydrogens (primary N) is 1. The Hall–Kier alpha value is -1.67. The highest BCUT2D eigenvalue weighted by atomic mass is 32.2. The van der Waals surface area contributed by atoms with Crippen molar-refractivity contribution in [3.63, 3.8) is 0 Å². The minimum Gasteiger partial charge on any atom is -0.366 e. The van der Waals surface area contributed by atoms with Crippen LogP contribution in [0.4, 0.5) is 5.82 Å². The number of piperidine rings is 1. The van der Waals surface area contributed by atoms with E-state index in [2.05, 4.69) is 4.98 Å². The van der Waals surface area contributed by atoms with Gasteiger partial charge in [0.05, 0.1) is 6.54 Å². The molecule has 2 aliphatic heterocycles. The molecule has 2 aliphatic rings. The van der Waals surface area contributed by atoms with Crippen molar-refractivity contribution in [1.82, 2.24) is 4.31 Å². The van der Waals surface area contributed by atoms with Crippen LogP contribution >= 0.6 is 0 Å². The van der Waals surface area contributed by atoms with Crippen molar-refractivity contribution in [2.24, 2.45) is 5.73 Å². The monoisotopic (exact) mass is 339 g/mol. The van der Waals surface area contributed by atoms with Gasteiger partial charge in [-0.05, 0) is 25.3 Å². The second kappa shape index (κ2) is 6.45. The lowest BCUT2D eigenvalue weighted by atomic mass is 10.2. The number of rotatable bonds is 4. The fourth-order valence-corrected chi connectivity index (χ4v) is 4.83. The highest BCUT2D eigenvalue weighted by molar-refractivity contribution is 7.89. The lowest BCUT2D eigenvalue weighted by molar-refractivity contribution is -0.367. The third-order valence-electron chi connectivity index (χ3n) is 4.61. The van der Waals surface area contributed by atoms with E-state index in [1.165, 1.54) is 6.20 Å². The number of pyridine rings is 1. The Labute approximate surface area is 136 Å². The van der Waals surface area contributed by atoms with E-state index in [1.54, 1.807) is 16.4 Å². The summed E-state index contributed by atoms with van der Waals surface area (Å²) in [6, 6.07) is 3.00. The quantitative estimate of drug-likeness (QED) is 0.843. The first kappa shape index (κ1) is 16.2. The van der Waals surface area contributed by atoms with Crippen molar-refractivity contribution in [1.29, 1.82) is 0 Å². The van der Waals surface area contributed by atoms with Gasteiger partial charge in [-0.2, -0.15) is 4.31 Å². The zero-order valence-corrected chi connectivity index (χ0v) is 13.9. The first-order valence-electron chi connectivity index (χ1n) is 8.08. The van der Waals surface area contributed by atoms with Crippen LogP contribution in [0.3, 0.4) is 0 Å². The van der Waals surface area contributed by atoms with Crippen LogP contribution in [0.5, 0.6) is 0 Å². The molecule has 0 saturated carbocycles. The molecule has 7 nitrogen and oxygen atoms in total. The number of nitrogens with zero attached hydrogens (tertiary/aromatic N) is 2. The summed E-state index contributed by atoms with van der Waals surface area (Å²) in [6.07, 6.45) is 6.05. The van der Waals surface area contributed by atoms with Gasteiger partial charge in [0.25, 0.3) is 11.7 Å². The summed E-state index contributed by atoms with van der Waals surface area (Å²) < 4.78 is 26.8. The van der Waals surface area contributed by atoms with Gasteiger partial charge in [-0.25, -0.2) is 18.3 Å². The molecule has 0 aromatic carbocycles. The van der Waals surface area contributed by atoms with E-state index >= 15 is 0 Å². The van der Waals surface area contributed by atoms with Crippen LogP contribution in [0.2, 0.25) is 0 Å². The summed E-state index contributed by atoms with van der Waals surface area (Å²) in [7, 11) is -3.44. The zero-order valence-electron chi connectivity index (χ0n) is 13.1. The molecule has 0 aliphatic carbocycles. The van der Waals surface area contributed by atoms with Gasteiger partial charge in [0, 0.05) is 25.6 Å². The lowest BCUT2D eigenvalue weighted by Gasteiger charge is -2.25. The summed E-state index contributed by atoms with van der Waals surface area (Å²) in [6.45, 7) is 1.91. The molecular formula is C15H23N4O3S+. The van der Waals surface area contributed by atoms with Gasteiger partial charge in [-0.15, -0.1) is 0 Å². The van der Waals surface area contributed by atoms with Crippen molar-refractivity contribution in [3.8, 4) is 0 Å². The van der Waals surface area contributed by atoms with Crippen molar-refractivity contribution >= 4 is 21.7 Å². The third-order valence-corrected chi connectivity index (χ3v) is 6.51. The summed E-state index contributed by atoms with van der Waals surface area (Å²) in [5, 5.41) is 0. The van der Waals surface area contributed by atoms with E-state index in [-0.39, 0.29) is 16.8 Å². The maximum absolute atomic E-state index is 12.6. The van der Waals surface area contributed by atoms with E-state index in [1.807, 2.05) is 4.90 Å². The molecule has 0 bridgehead atoms. The number of aromatic amines is 1. The highest BCUT2D eigenvalue weighted by Gasteiger charge is 2.36. The van der Waals surface area contributed by atoms with E-state index in [0.717, 1.165) is 44.5 Å². The van der Waals surface area contributed by atoms with Crippen molar-refractivity contribution in [2.75, 3.05) is 24.5 Å². The third kappa shape index (κ3) is 3.18. The number of aromatic nitrogens is 1. The highest BCUT2D eigenvalue weighted by Crippen LogP contribution is 2.24. The Kier molecular flexibility index (Phi) is 4.54. The molecule has 2 saturated heterocycles. The second-order valence-corrected chi connectivity index (χ2v) is 8.07. The number of carbonyl (C=O) groups is 1. The van der Waals surface area contributed by atoms with Gasteiger partial charge in [-0.1, -0.05) is 6.42 Å². The normalized spacial score (nSPS) is 23.1. The van der Waals surface area contributed by atoms with E-state index in [4.69, 9.17) is 5.73 Å². The molecule has 23 heavy (non-hydrogen) atoms. The number of carbonyl (C=O) groups excluding carboxylic acids is 1. The van der Waals surface area contributed by atoms with Crippen molar-refractivity contribution in [3.05, 3.63) is 18.3 Å². The molecule has 1 aromatic rings. The fourth-order valence-electron chi connectivity index (χ4n) is 3.35. The number of anilines is 1. The molecule has 1 amide bonds. The van der Waals surface area contributed by atoms with Crippen molar-refractivity contribution in [2.45, 2.75) is 43.0 Å². The van der Waals surface area contributed by atoms with Crippen LogP contribution in [0.1, 0.15) is 32.1 Å². The molecule has 0 radical (unpaired) electrons. The standard InChI is InChI=1S/C15H22N4O3S/c16-15(20)13-5-4-10-19(13)14-7-6-12(11-17-14)23(21,22)18-8-2-1-3-9-18/h6-7,11,13H,1-5,8-10H2,(H2,16,20)/p+1/t13-/m1/s1. The minimum absolute atomic E-state index is 0.262. The average molecular weight is 339 g/mol. The maximum atomic E-state index is 12.6. The van der Waals surface area contributed by atoms with Crippen molar-refractivity contribution < 1.29 is 18.2 Å². The summed E-state index contributed by atoms with van der Waals surface area (Å²) in [5.74, 6) is 0.379. The summed E-state index contributed by atoms with van der Waals surface area (Å²) >= 11 is 0. The number of H-pyrrole nitrogens is 1. The lowest BCUT2D eigenvalue weighted by Crippen LogP contribution is -2.42. The van der Waals surface area contributed by atoms with E-state index in [9.17, 15) is 13.2 Å². The van der Waals surface area contributed by atoms with Gasteiger partial charge in [0.2, 0.25) is 10.0 Å². The molecule has 126 valence electrons. The van der Waals surface area contributed by atoms with Gasteiger partial charge < -0.3 is 5.73 Å². The molecule has 0 unspecified atom stereocenters. The predicted octanol–water partition coefficient (Wildman–Crippen LogP) is 0.129. The van der Waals surface area contributed by atoms with Crippen LogP contribution < -0.4 is 15.6 Å². The summed E-state index contributed by atoms with van der Waals surface area (Å²) in [4.78, 5) is 16.7. The SMILES string of the molecule is NC(=O)[C@H]1CCCN1c1ccc(S(=O)(=O)N2CCCCC2)c[nH+]1. The Balaban J connectivity index is 1.80. The smallest absolute Gasteiger partial charge is 0.275 e. The average Bonchev–Trinajstić information content (AvgIpc) is 3.06. The van der Waals surface area contributed by atoms with Gasteiger partial charge >= 0.3 is 0 Å². The molecule has 8 heteroatoms. The van der Waals surface area contributed by atoms with E-state index < -0.39 is 10.0 Å². The Morgan fingerprint density at radius 2 is 1.87 bits per heavy atom. The molecular weight excluding hydrogens is 316 g/mol. The van der Waals surface area contributed by atoms with E-state index in [0.29, 0.717) is 13.1 Å². The molecule has 1 aromatic heterocycles. The minimum atomic E-state index is -3.44. The van der Waals surface area contributed by atoms with Gasteiger partial charge in [0.15, 0.2) is 6.04 Å². The first-order valence-corrected chi connectivity index (χ1v) is 9.52. The number of hydrogen-bond donors (Lipinski definition) is 1. The largest absolute Gasteiger partial charge is 0.366 e. The van der Waals surface area contributed by atoms with Gasteiger partial charge in [0.1, 0.15) is 11.1 Å².